The Morgan fingerprint density at radius 3 is 2.65 bits per heavy atom. The van der Waals surface area contributed by atoms with Gasteiger partial charge in [0.1, 0.15) is 24.2 Å². The predicted molar refractivity (Wildman–Crippen MR) is 128 cm³/mol. The average molecular weight is 484 g/mol. The number of oxime groups is 1. The molecule has 0 saturated heterocycles. The molecule has 2 N–H and O–H groups in total. The van der Waals surface area contributed by atoms with Crippen molar-refractivity contribution in [3.63, 3.8) is 0 Å². The van der Waals surface area contributed by atoms with E-state index in [0.29, 0.717) is 23.7 Å². The summed E-state index contributed by atoms with van der Waals surface area (Å²) in [7, 11) is 0. The Hall–Kier alpha value is -3.85. The predicted octanol–water partition coefficient (Wildman–Crippen LogP) is 5.06. The van der Waals surface area contributed by atoms with Crippen LogP contribution >= 0.6 is 11.3 Å². The fourth-order valence-corrected chi connectivity index (χ4v) is 3.83. The topological polar surface area (TPSA) is 115 Å². The molecule has 178 valence electrons. The Labute approximate surface area is 201 Å². The molecule has 1 aromatic heterocycles. The Balaban J connectivity index is 1.88. The highest BCUT2D eigenvalue weighted by Gasteiger charge is 2.19. The monoisotopic (exact) mass is 483 g/mol. The van der Waals surface area contributed by atoms with Gasteiger partial charge in [0.2, 0.25) is 6.61 Å². The molecular formula is C25H25NO7S. The van der Waals surface area contributed by atoms with Crippen LogP contribution in [0.5, 0.6) is 11.5 Å². The second-order valence-electron chi connectivity index (χ2n) is 7.42. The molecule has 0 aliphatic carbocycles. The Kier molecular flexibility index (Phi) is 9.04. The van der Waals surface area contributed by atoms with Crippen LogP contribution in [-0.2, 0) is 21.0 Å². The molecule has 3 rings (SSSR count). The molecular weight excluding hydrogens is 458 g/mol. The first-order valence-electron chi connectivity index (χ1n) is 10.5. The van der Waals surface area contributed by atoms with Crippen LogP contribution in [-0.4, -0.2) is 35.0 Å². The summed E-state index contributed by atoms with van der Waals surface area (Å²) in [4.78, 5) is 26.7. The Morgan fingerprint density at radius 2 is 1.94 bits per heavy atom. The highest BCUT2D eigenvalue weighted by atomic mass is 32.1. The van der Waals surface area contributed by atoms with Gasteiger partial charge in [0.05, 0.1) is 6.21 Å². The van der Waals surface area contributed by atoms with Crippen LogP contribution in [0.1, 0.15) is 41.2 Å². The van der Waals surface area contributed by atoms with Crippen molar-refractivity contribution < 1.29 is 34.1 Å². The van der Waals surface area contributed by atoms with E-state index in [9.17, 15) is 14.7 Å². The molecule has 0 saturated carbocycles. The maximum absolute atomic E-state index is 11.3. The van der Waals surface area contributed by atoms with Crippen LogP contribution in [0.3, 0.4) is 0 Å². The van der Waals surface area contributed by atoms with E-state index in [0.717, 1.165) is 16.7 Å². The van der Waals surface area contributed by atoms with Crippen molar-refractivity contribution in [1.82, 2.24) is 0 Å². The molecule has 0 radical (unpaired) electrons. The summed E-state index contributed by atoms with van der Waals surface area (Å²) in [5, 5.41) is 25.6. The number of hydrogen-bond acceptors (Lipinski definition) is 7. The maximum atomic E-state index is 11.3. The zero-order valence-corrected chi connectivity index (χ0v) is 19.4. The van der Waals surface area contributed by atoms with Gasteiger partial charge in [-0.05, 0) is 59.0 Å². The molecule has 0 fully saturated rings. The van der Waals surface area contributed by atoms with Crippen LogP contribution in [0.4, 0.5) is 0 Å². The number of aryl methyl sites for hydroxylation is 1. The van der Waals surface area contributed by atoms with Gasteiger partial charge in [0.15, 0.2) is 0 Å². The van der Waals surface area contributed by atoms with Crippen molar-refractivity contribution in [2.75, 3.05) is 6.61 Å². The van der Waals surface area contributed by atoms with Crippen molar-refractivity contribution in [2.45, 2.75) is 32.5 Å². The molecule has 1 atom stereocenters. The first-order valence-corrected chi connectivity index (χ1v) is 11.5. The standard InChI is InChI=1S/C25H25NO7S/c1-17-4-2-3-5-21(17)22(8-9-24(27)28)33-23-12-20(31-14-18-10-11-34-16-18)7-6-19(23)13-26-32-15-25(29)30/h2-7,10-13,16,22H,8-9,14-15H2,1H3,(H,27,28)(H,29,30). The Bertz CT molecular complexity index is 1130. The molecule has 1 unspecified atom stereocenters. The smallest absolute Gasteiger partial charge is 0.344 e. The third-order valence-corrected chi connectivity index (χ3v) is 5.58. The number of thiophene rings is 1. The highest BCUT2D eigenvalue weighted by Crippen LogP contribution is 2.32. The van der Waals surface area contributed by atoms with E-state index in [4.69, 9.17) is 19.4 Å². The van der Waals surface area contributed by atoms with Crippen molar-refractivity contribution in [1.29, 1.82) is 0 Å². The van der Waals surface area contributed by atoms with E-state index in [1.54, 1.807) is 29.5 Å². The summed E-state index contributed by atoms with van der Waals surface area (Å²) in [6.07, 6.45) is 1.01. The summed E-state index contributed by atoms with van der Waals surface area (Å²) in [5.41, 5.74) is 3.42. The lowest BCUT2D eigenvalue weighted by molar-refractivity contribution is -0.142. The van der Waals surface area contributed by atoms with Crippen molar-refractivity contribution >= 4 is 29.5 Å². The quantitative estimate of drug-likeness (QED) is 0.258. The van der Waals surface area contributed by atoms with Crippen molar-refractivity contribution in [3.8, 4) is 11.5 Å². The van der Waals surface area contributed by atoms with Crippen LogP contribution in [0.2, 0.25) is 0 Å². The van der Waals surface area contributed by atoms with Gasteiger partial charge in [0, 0.05) is 18.1 Å². The fraction of sp³-hybridized carbons (Fsp3) is 0.240. The third-order valence-electron chi connectivity index (χ3n) is 4.85. The number of rotatable bonds is 13. The summed E-state index contributed by atoms with van der Waals surface area (Å²) < 4.78 is 12.2. The molecule has 0 spiro atoms. The van der Waals surface area contributed by atoms with Gasteiger partial charge < -0.3 is 24.5 Å². The third kappa shape index (κ3) is 7.63. The minimum atomic E-state index is -1.14. The molecule has 1 heterocycles. The number of carbonyl (C=O) groups is 2. The van der Waals surface area contributed by atoms with Gasteiger partial charge in [0.25, 0.3) is 0 Å². The number of carboxylic acids is 2. The van der Waals surface area contributed by atoms with Crippen LogP contribution in [0.25, 0.3) is 0 Å². The number of hydrogen-bond donors (Lipinski definition) is 2. The average Bonchev–Trinajstić information content (AvgIpc) is 3.33. The first-order chi connectivity index (χ1) is 16.4. The summed E-state index contributed by atoms with van der Waals surface area (Å²) >= 11 is 1.58. The number of benzene rings is 2. The zero-order valence-electron chi connectivity index (χ0n) is 18.5. The number of aliphatic carboxylic acids is 2. The number of ether oxygens (including phenoxy) is 2. The van der Waals surface area contributed by atoms with E-state index in [2.05, 4.69) is 5.16 Å². The van der Waals surface area contributed by atoms with E-state index >= 15 is 0 Å². The van der Waals surface area contributed by atoms with Gasteiger partial charge in [-0.3, -0.25) is 4.79 Å². The van der Waals surface area contributed by atoms with Gasteiger partial charge in [-0.1, -0.05) is 29.4 Å². The molecule has 2 aromatic carbocycles. The first kappa shape index (κ1) is 24.8. The van der Waals surface area contributed by atoms with Gasteiger partial charge in [-0.15, -0.1) is 0 Å². The maximum Gasteiger partial charge on any atom is 0.344 e. The lowest BCUT2D eigenvalue weighted by atomic mass is 9.99. The van der Waals surface area contributed by atoms with Crippen LogP contribution < -0.4 is 9.47 Å². The lowest BCUT2D eigenvalue weighted by Gasteiger charge is -2.22. The molecule has 34 heavy (non-hydrogen) atoms. The summed E-state index contributed by atoms with van der Waals surface area (Å²) in [5.74, 6) is -1.09. The fourth-order valence-electron chi connectivity index (χ4n) is 3.17. The van der Waals surface area contributed by atoms with E-state index in [-0.39, 0.29) is 12.8 Å². The molecule has 8 nitrogen and oxygen atoms in total. The number of nitrogens with zero attached hydrogens (tertiary/aromatic N) is 1. The van der Waals surface area contributed by atoms with Crippen LogP contribution in [0, 0.1) is 6.92 Å². The molecule has 3 aromatic rings. The summed E-state index contributed by atoms with van der Waals surface area (Å²) in [6, 6.07) is 14.8. The molecule has 0 bridgehead atoms. The SMILES string of the molecule is Cc1ccccc1C(CCC(=O)O)Oc1cc(OCc2ccsc2)ccc1C=NOCC(=O)O. The molecule has 9 heteroatoms. The normalized spacial score (nSPS) is 11.8. The zero-order chi connectivity index (χ0) is 24.3. The number of carboxylic acid groups (broad SMARTS) is 2. The van der Waals surface area contributed by atoms with Gasteiger partial charge in [-0.25, -0.2) is 4.79 Å². The van der Waals surface area contributed by atoms with E-state index in [1.165, 1.54) is 6.21 Å². The largest absolute Gasteiger partial charge is 0.489 e. The second-order valence-corrected chi connectivity index (χ2v) is 8.20. The lowest BCUT2D eigenvalue weighted by Crippen LogP contribution is -2.13. The van der Waals surface area contributed by atoms with E-state index in [1.807, 2.05) is 48.0 Å². The van der Waals surface area contributed by atoms with Crippen molar-refractivity contribution in [2.24, 2.45) is 5.16 Å². The minimum Gasteiger partial charge on any atom is -0.489 e. The molecule has 0 amide bonds. The minimum absolute atomic E-state index is 0.0709. The highest BCUT2D eigenvalue weighted by molar-refractivity contribution is 7.07. The van der Waals surface area contributed by atoms with Gasteiger partial charge in [-0.2, -0.15) is 11.3 Å². The van der Waals surface area contributed by atoms with Gasteiger partial charge >= 0.3 is 11.9 Å². The molecule has 0 aliphatic heterocycles. The molecule has 0 aliphatic rings. The van der Waals surface area contributed by atoms with Crippen LogP contribution in [0.15, 0.2) is 64.4 Å². The summed E-state index contributed by atoms with van der Waals surface area (Å²) in [6.45, 7) is 1.76. The second kappa shape index (κ2) is 12.4. The van der Waals surface area contributed by atoms with Crippen molar-refractivity contribution in [3.05, 3.63) is 81.5 Å². The Morgan fingerprint density at radius 1 is 1.12 bits per heavy atom. The van der Waals surface area contributed by atoms with E-state index < -0.39 is 24.6 Å².